The van der Waals surface area contributed by atoms with Crippen LogP contribution < -0.4 is 11.1 Å². The molecule has 4 N–H and O–H groups in total. The number of halogens is 3. The summed E-state index contributed by atoms with van der Waals surface area (Å²) >= 11 is 0. The minimum Gasteiger partial charge on any atom is -0.481 e. The zero-order chi connectivity index (χ0) is 26.0. The fourth-order valence-electron chi connectivity index (χ4n) is 3.62. The van der Waals surface area contributed by atoms with Crippen LogP contribution in [0.5, 0.6) is 0 Å². The number of fused-ring (bicyclic) bond motifs is 1. The number of aromatic nitrogens is 4. The van der Waals surface area contributed by atoms with Crippen molar-refractivity contribution in [3.8, 4) is 11.3 Å². The smallest absolute Gasteiger partial charge is 0.416 e. The summed E-state index contributed by atoms with van der Waals surface area (Å²) in [7, 11) is 0. The van der Waals surface area contributed by atoms with Gasteiger partial charge in [0.2, 0.25) is 0 Å². The van der Waals surface area contributed by atoms with E-state index in [1.54, 1.807) is 29.7 Å². The number of carbonyl (C=O) groups is 2. The largest absolute Gasteiger partial charge is 0.481 e. The van der Waals surface area contributed by atoms with Crippen LogP contribution in [-0.2, 0) is 17.4 Å². The number of nitrogen functional groups attached to an aromatic ring is 1. The summed E-state index contributed by atoms with van der Waals surface area (Å²) in [5, 5.41) is 11.5. The molecule has 4 rings (SSSR count). The fourth-order valence-corrected chi connectivity index (χ4v) is 3.62. The van der Waals surface area contributed by atoms with Gasteiger partial charge in [0.05, 0.1) is 11.5 Å². The van der Waals surface area contributed by atoms with Crippen molar-refractivity contribution in [2.45, 2.75) is 25.9 Å². The summed E-state index contributed by atoms with van der Waals surface area (Å²) < 4.78 is 40.5. The molecular formula is C24H21F3N6O3. The highest BCUT2D eigenvalue weighted by molar-refractivity contribution is 6.04. The van der Waals surface area contributed by atoms with Crippen LogP contribution in [0, 0.1) is 5.92 Å². The second-order valence-corrected chi connectivity index (χ2v) is 8.14. The van der Waals surface area contributed by atoms with E-state index in [0.29, 0.717) is 35.4 Å². The molecule has 0 bridgehead atoms. The van der Waals surface area contributed by atoms with Crippen molar-refractivity contribution in [2.75, 3.05) is 11.1 Å². The van der Waals surface area contributed by atoms with Gasteiger partial charge in [-0.1, -0.05) is 19.1 Å². The number of amides is 1. The van der Waals surface area contributed by atoms with Gasteiger partial charge in [0, 0.05) is 36.1 Å². The van der Waals surface area contributed by atoms with Crippen molar-refractivity contribution in [1.82, 2.24) is 19.4 Å². The van der Waals surface area contributed by atoms with E-state index in [-0.39, 0.29) is 17.2 Å². The molecule has 0 saturated carbocycles. The molecule has 9 nitrogen and oxygen atoms in total. The Balaban J connectivity index is 1.59. The first kappa shape index (κ1) is 24.6. The van der Waals surface area contributed by atoms with Gasteiger partial charge in [0.15, 0.2) is 0 Å². The molecule has 36 heavy (non-hydrogen) atoms. The van der Waals surface area contributed by atoms with E-state index in [1.165, 1.54) is 18.3 Å². The van der Waals surface area contributed by atoms with Gasteiger partial charge >= 0.3 is 12.1 Å². The predicted octanol–water partition coefficient (Wildman–Crippen LogP) is 4.30. The molecule has 1 aromatic carbocycles. The summed E-state index contributed by atoms with van der Waals surface area (Å²) in [5.41, 5.74) is 7.05. The Morgan fingerprint density at radius 2 is 1.86 bits per heavy atom. The molecule has 0 aliphatic rings. The number of hydrogen-bond acceptors (Lipinski definition) is 6. The van der Waals surface area contributed by atoms with E-state index in [4.69, 9.17) is 10.8 Å². The SMILES string of the molecule is CC(CCc1nc(-c2ccc(C(=O)Nc3cc(C(F)(F)F)ccn3)cc2)c2c(N)nccn12)C(=O)O. The van der Waals surface area contributed by atoms with Crippen molar-refractivity contribution in [2.24, 2.45) is 5.92 Å². The number of pyridine rings is 1. The molecule has 0 fully saturated rings. The van der Waals surface area contributed by atoms with E-state index in [9.17, 15) is 22.8 Å². The quantitative estimate of drug-likeness (QED) is 0.346. The van der Waals surface area contributed by atoms with Gasteiger partial charge in [-0.15, -0.1) is 0 Å². The van der Waals surface area contributed by atoms with Crippen molar-refractivity contribution in [3.05, 3.63) is 71.9 Å². The molecule has 1 amide bonds. The number of aryl methyl sites for hydroxylation is 1. The molecule has 3 aromatic heterocycles. The number of nitrogens with one attached hydrogen (secondary N) is 1. The van der Waals surface area contributed by atoms with Gasteiger partial charge in [-0.3, -0.25) is 14.0 Å². The summed E-state index contributed by atoms with van der Waals surface area (Å²) in [4.78, 5) is 36.3. The molecule has 0 aliphatic carbocycles. The maximum atomic E-state index is 12.9. The topological polar surface area (TPSA) is 136 Å². The van der Waals surface area contributed by atoms with Crippen molar-refractivity contribution in [1.29, 1.82) is 0 Å². The number of alkyl halides is 3. The van der Waals surface area contributed by atoms with Crippen LogP contribution in [0.3, 0.4) is 0 Å². The van der Waals surface area contributed by atoms with Crippen molar-refractivity contribution >= 4 is 29.0 Å². The molecule has 186 valence electrons. The highest BCUT2D eigenvalue weighted by Crippen LogP contribution is 2.31. The number of carbonyl (C=O) groups excluding carboxylic acids is 1. The fraction of sp³-hybridized carbons (Fsp3) is 0.208. The minimum atomic E-state index is -4.56. The number of hydrogen-bond donors (Lipinski definition) is 3. The maximum absolute atomic E-state index is 12.9. The molecule has 0 spiro atoms. The van der Waals surface area contributed by atoms with E-state index in [1.807, 2.05) is 0 Å². The average Bonchev–Trinajstić information content (AvgIpc) is 3.22. The van der Waals surface area contributed by atoms with Gasteiger partial charge < -0.3 is 16.2 Å². The third-order valence-corrected chi connectivity index (χ3v) is 5.63. The zero-order valence-corrected chi connectivity index (χ0v) is 19.0. The second-order valence-electron chi connectivity index (χ2n) is 8.14. The lowest BCUT2D eigenvalue weighted by Crippen LogP contribution is -2.14. The number of aliphatic carboxylic acids is 1. The highest BCUT2D eigenvalue weighted by atomic mass is 19.4. The molecule has 3 heterocycles. The Labute approximate surface area is 202 Å². The second kappa shape index (κ2) is 9.64. The third-order valence-electron chi connectivity index (χ3n) is 5.63. The molecule has 4 aromatic rings. The number of anilines is 2. The van der Waals surface area contributed by atoms with Crippen LogP contribution in [0.2, 0.25) is 0 Å². The minimum absolute atomic E-state index is 0.197. The standard InChI is InChI=1S/C24H21F3N6O3/c1-13(23(35)36)2-7-18-32-19(20-21(28)30-10-11-33(18)20)14-3-5-15(6-4-14)22(34)31-17-12-16(8-9-29-17)24(25,26)27/h3-6,8-13H,2,7H2,1H3,(H2,28,30)(H,35,36)(H,29,31,34). The number of benzene rings is 1. The van der Waals surface area contributed by atoms with Gasteiger partial charge in [0.25, 0.3) is 5.91 Å². The Bertz CT molecular complexity index is 1430. The van der Waals surface area contributed by atoms with Gasteiger partial charge in [-0.25, -0.2) is 15.0 Å². The summed E-state index contributed by atoms with van der Waals surface area (Å²) in [5.74, 6) is -1.46. The third kappa shape index (κ3) is 5.11. The number of nitrogens with zero attached hydrogens (tertiary/aromatic N) is 4. The number of imidazole rings is 1. The van der Waals surface area contributed by atoms with Crippen molar-refractivity contribution in [3.63, 3.8) is 0 Å². The van der Waals surface area contributed by atoms with Gasteiger partial charge in [-0.05, 0) is 30.7 Å². The first-order chi connectivity index (χ1) is 17.0. The van der Waals surface area contributed by atoms with Crippen LogP contribution in [-0.4, -0.2) is 36.3 Å². The Kier molecular flexibility index (Phi) is 6.60. The monoisotopic (exact) mass is 498 g/mol. The molecule has 1 atom stereocenters. The lowest BCUT2D eigenvalue weighted by molar-refractivity contribution is -0.141. The maximum Gasteiger partial charge on any atom is 0.416 e. The van der Waals surface area contributed by atoms with E-state index in [2.05, 4.69) is 20.3 Å². The van der Waals surface area contributed by atoms with Crippen LogP contribution in [0.1, 0.15) is 35.1 Å². The van der Waals surface area contributed by atoms with E-state index in [0.717, 1.165) is 18.3 Å². The van der Waals surface area contributed by atoms with Crippen molar-refractivity contribution < 1.29 is 27.9 Å². The van der Waals surface area contributed by atoms with Crippen LogP contribution >= 0.6 is 0 Å². The first-order valence-corrected chi connectivity index (χ1v) is 10.8. The molecular weight excluding hydrogens is 477 g/mol. The Hall–Kier alpha value is -4.48. The highest BCUT2D eigenvalue weighted by Gasteiger charge is 2.31. The van der Waals surface area contributed by atoms with Gasteiger partial charge in [0.1, 0.15) is 28.7 Å². The zero-order valence-electron chi connectivity index (χ0n) is 19.0. The van der Waals surface area contributed by atoms with Crippen LogP contribution in [0.25, 0.3) is 16.8 Å². The number of carboxylic acids is 1. The van der Waals surface area contributed by atoms with E-state index >= 15 is 0 Å². The van der Waals surface area contributed by atoms with Crippen LogP contribution in [0.4, 0.5) is 24.8 Å². The molecule has 1 unspecified atom stereocenters. The van der Waals surface area contributed by atoms with Crippen LogP contribution in [0.15, 0.2) is 55.0 Å². The molecule has 0 saturated heterocycles. The summed E-state index contributed by atoms with van der Waals surface area (Å²) in [6, 6.07) is 7.84. The predicted molar refractivity (Wildman–Crippen MR) is 125 cm³/mol. The lowest BCUT2D eigenvalue weighted by Gasteiger charge is -2.09. The average molecular weight is 498 g/mol. The summed E-state index contributed by atoms with van der Waals surface area (Å²) in [6.45, 7) is 1.62. The Morgan fingerprint density at radius 1 is 1.14 bits per heavy atom. The van der Waals surface area contributed by atoms with Gasteiger partial charge in [-0.2, -0.15) is 13.2 Å². The van der Waals surface area contributed by atoms with E-state index < -0.39 is 29.5 Å². The molecule has 0 aliphatic heterocycles. The number of rotatable bonds is 7. The Morgan fingerprint density at radius 3 is 2.53 bits per heavy atom. The summed E-state index contributed by atoms with van der Waals surface area (Å²) in [6.07, 6.45) is 0.388. The first-order valence-electron chi connectivity index (χ1n) is 10.8. The normalized spacial score (nSPS) is 12.4. The number of nitrogens with two attached hydrogens (primary N) is 1. The molecule has 0 radical (unpaired) electrons. The molecule has 12 heteroatoms. The lowest BCUT2D eigenvalue weighted by atomic mass is 10.1. The number of carboxylic acid groups (broad SMARTS) is 1.